The molecule has 0 atom stereocenters. The average Bonchev–Trinajstić information content (AvgIpc) is 2.83. The number of pyridine rings is 1. The van der Waals surface area contributed by atoms with E-state index in [0.29, 0.717) is 23.7 Å². The number of aromatic nitrogens is 1. The molecule has 6 heteroatoms. The molecule has 6 nitrogen and oxygen atoms in total. The molecule has 3 aromatic carbocycles. The number of amides is 2. The third-order valence-electron chi connectivity index (χ3n) is 4.90. The van der Waals surface area contributed by atoms with Crippen molar-refractivity contribution in [2.75, 3.05) is 6.54 Å². The molecule has 0 aliphatic rings. The van der Waals surface area contributed by atoms with E-state index >= 15 is 0 Å². The summed E-state index contributed by atoms with van der Waals surface area (Å²) in [6.45, 7) is 0.612. The molecule has 32 heavy (non-hydrogen) atoms. The summed E-state index contributed by atoms with van der Waals surface area (Å²) < 4.78 is 5.71. The lowest BCUT2D eigenvalue weighted by atomic mass is 10.1. The first-order chi connectivity index (χ1) is 15.7. The highest BCUT2D eigenvalue weighted by molar-refractivity contribution is 5.98. The Hall–Kier alpha value is -4.19. The normalized spacial score (nSPS) is 10.5. The molecule has 0 spiro atoms. The summed E-state index contributed by atoms with van der Waals surface area (Å²) in [7, 11) is 0. The molecule has 160 valence electrons. The Bertz CT molecular complexity index is 1230. The topological polar surface area (TPSA) is 80.3 Å². The standard InChI is InChI=1S/C26H23N3O3/c30-24(13-15-28-26(31)22-11-10-20-6-4-5-7-21(20)17-22)29-18-19-12-14-27-25(16-19)32-23-8-2-1-3-9-23/h1-12,14,16-17H,13,15,18H2,(H,28,31)(H,29,30). The van der Waals surface area contributed by atoms with E-state index in [9.17, 15) is 9.59 Å². The van der Waals surface area contributed by atoms with Crippen LogP contribution in [-0.2, 0) is 11.3 Å². The fourth-order valence-electron chi connectivity index (χ4n) is 3.24. The van der Waals surface area contributed by atoms with Crippen LogP contribution in [0.1, 0.15) is 22.3 Å². The van der Waals surface area contributed by atoms with Crippen LogP contribution in [0.15, 0.2) is 91.1 Å². The van der Waals surface area contributed by atoms with Gasteiger partial charge < -0.3 is 15.4 Å². The molecular weight excluding hydrogens is 402 g/mol. The summed E-state index contributed by atoms with van der Waals surface area (Å²) >= 11 is 0. The van der Waals surface area contributed by atoms with E-state index in [4.69, 9.17) is 4.74 Å². The molecule has 0 aliphatic carbocycles. The first-order valence-electron chi connectivity index (χ1n) is 10.4. The Balaban J connectivity index is 1.23. The molecule has 4 aromatic rings. The van der Waals surface area contributed by atoms with Crippen LogP contribution >= 0.6 is 0 Å². The van der Waals surface area contributed by atoms with Crippen molar-refractivity contribution in [2.24, 2.45) is 0 Å². The Morgan fingerprint density at radius 2 is 1.59 bits per heavy atom. The van der Waals surface area contributed by atoms with Crippen molar-refractivity contribution >= 4 is 22.6 Å². The third kappa shape index (κ3) is 5.70. The zero-order valence-electron chi connectivity index (χ0n) is 17.5. The minimum absolute atomic E-state index is 0.147. The van der Waals surface area contributed by atoms with Gasteiger partial charge in [0, 0.05) is 37.3 Å². The molecule has 0 saturated carbocycles. The molecular formula is C26H23N3O3. The van der Waals surface area contributed by atoms with Gasteiger partial charge in [-0.2, -0.15) is 0 Å². The van der Waals surface area contributed by atoms with Gasteiger partial charge >= 0.3 is 0 Å². The van der Waals surface area contributed by atoms with Gasteiger partial charge in [-0.15, -0.1) is 0 Å². The van der Waals surface area contributed by atoms with Crippen molar-refractivity contribution in [3.8, 4) is 11.6 Å². The van der Waals surface area contributed by atoms with Crippen molar-refractivity contribution in [1.29, 1.82) is 0 Å². The van der Waals surface area contributed by atoms with E-state index < -0.39 is 0 Å². The number of para-hydroxylation sites is 1. The Morgan fingerprint density at radius 3 is 2.44 bits per heavy atom. The molecule has 1 aromatic heterocycles. The zero-order chi connectivity index (χ0) is 22.2. The van der Waals surface area contributed by atoms with Crippen molar-refractivity contribution in [3.05, 3.63) is 102 Å². The second-order valence-corrected chi connectivity index (χ2v) is 7.26. The molecule has 0 fully saturated rings. The summed E-state index contributed by atoms with van der Waals surface area (Å²) in [5.41, 5.74) is 1.45. The van der Waals surface area contributed by atoms with E-state index in [-0.39, 0.29) is 24.8 Å². The van der Waals surface area contributed by atoms with Crippen molar-refractivity contribution in [3.63, 3.8) is 0 Å². The van der Waals surface area contributed by atoms with Crippen LogP contribution < -0.4 is 15.4 Å². The summed E-state index contributed by atoms with van der Waals surface area (Å²) in [5.74, 6) is 0.820. The van der Waals surface area contributed by atoms with Crippen LogP contribution in [0.25, 0.3) is 10.8 Å². The summed E-state index contributed by atoms with van der Waals surface area (Å²) in [6.07, 6.45) is 1.83. The minimum atomic E-state index is -0.194. The SMILES string of the molecule is O=C(CCNC(=O)c1ccc2ccccc2c1)NCc1ccnc(Oc2ccccc2)c1. The van der Waals surface area contributed by atoms with Gasteiger partial charge in [0.25, 0.3) is 5.91 Å². The number of nitrogens with one attached hydrogen (secondary N) is 2. The number of ether oxygens (including phenoxy) is 1. The molecule has 4 rings (SSSR count). The Labute approximate surface area is 186 Å². The maximum absolute atomic E-state index is 12.4. The number of hydrogen-bond donors (Lipinski definition) is 2. The van der Waals surface area contributed by atoms with Crippen molar-refractivity contribution in [2.45, 2.75) is 13.0 Å². The predicted molar refractivity (Wildman–Crippen MR) is 123 cm³/mol. The third-order valence-corrected chi connectivity index (χ3v) is 4.90. The molecule has 0 saturated heterocycles. The highest BCUT2D eigenvalue weighted by Crippen LogP contribution is 2.19. The van der Waals surface area contributed by atoms with Gasteiger partial charge in [-0.05, 0) is 46.7 Å². The fraction of sp³-hybridized carbons (Fsp3) is 0.115. The number of hydrogen-bond acceptors (Lipinski definition) is 4. The molecule has 0 aliphatic heterocycles. The van der Waals surface area contributed by atoms with Gasteiger partial charge in [0.1, 0.15) is 5.75 Å². The van der Waals surface area contributed by atoms with Crippen LogP contribution in [0.2, 0.25) is 0 Å². The molecule has 2 N–H and O–H groups in total. The summed E-state index contributed by atoms with van der Waals surface area (Å²) in [5, 5.41) is 7.74. The lowest BCUT2D eigenvalue weighted by Gasteiger charge is -2.09. The van der Waals surface area contributed by atoms with E-state index in [1.54, 1.807) is 18.3 Å². The largest absolute Gasteiger partial charge is 0.439 e. The minimum Gasteiger partial charge on any atom is -0.439 e. The first-order valence-corrected chi connectivity index (χ1v) is 10.4. The monoisotopic (exact) mass is 425 g/mol. The van der Waals surface area contributed by atoms with Crippen LogP contribution in [0.3, 0.4) is 0 Å². The van der Waals surface area contributed by atoms with Gasteiger partial charge in [-0.3, -0.25) is 9.59 Å². The van der Waals surface area contributed by atoms with Crippen LogP contribution in [0, 0.1) is 0 Å². The second-order valence-electron chi connectivity index (χ2n) is 7.26. The fourth-order valence-corrected chi connectivity index (χ4v) is 3.24. The first kappa shape index (κ1) is 21.1. The molecule has 1 heterocycles. The smallest absolute Gasteiger partial charge is 0.251 e. The van der Waals surface area contributed by atoms with Gasteiger partial charge in [0.15, 0.2) is 0 Å². The van der Waals surface area contributed by atoms with E-state index in [0.717, 1.165) is 16.3 Å². The second kappa shape index (κ2) is 10.2. The molecule has 0 radical (unpaired) electrons. The number of fused-ring (bicyclic) bond motifs is 1. The Kier molecular flexibility index (Phi) is 6.72. The lowest BCUT2D eigenvalue weighted by molar-refractivity contribution is -0.121. The highest BCUT2D eigenvalue weighted by atomic mass is 16.5. The maximum Gasteiger partial charge on any atom is 0.251 e. The lowest BCUT2D eigenvalue weighted by Crippen LogP contribution is -2.30. The van der Waals surface area contributed by atoms with Gasteiger partial charge in [0.2, 0.25) is 11.8 Å². The van der Waals surface area contributed by atoms with Gasteiger partial charge in [-0.25, -0.2) is 4.98 Å². The summed E-state index contributed by atoms with van der Waals surface area (Å²) in [4.78, 5) is 28.7. The number of nitrogens with zero attached hydrogens (tertiary/aromatic N) is 1. The van der Waals surface area contributed by atoms with Crippen LogP contribution in [-0.4, -0.2) is 23.3 Å². The van der Waals surface area contributed by atoms with E-state index in [1.165, 1.54) is 0 Å². The average molecular weight is 425 g/mol. The van der Waals surface area contributed by atoms with Crippen molar-refractivity contribution in [1.82, 2.24) is 15.6 Å². The number of rotatable bonds is 8. The van der Waals surface area contributed by atoms with Gasteiger partial charge in [0.05, 0.1) is 0 Å². The zero-order valence-corrected chi connectivity index (χ0v) is 17.5. The predicted octanol–water partition coefficient (Wildman–Crippen LogP) is 4.46. The number of carbonyl (C=O) groups excluding carboxylic acids is 2. The molecule has 2 amide bonds. The molecule has 0 bridgehead atoms. The Morgan fingerprint density at radius 1 is 0.812 bits per heavy atom. The molecule has 0 unspecified atom stereocenters. The van der Waals surface area contributed by atoms with E-state index in [1.807, 2.05) is 72.8 Å². The van der Waals surface area contributed by atoms with Gasteiger partial charge in [-0.1, -0.05) is 48.5 Å². The van der Waals surface area contributed by atoms with Crippen LogP contribution in [0.5, 0.6) is 11.6 Å². The van der Waals surface area contributed by atoms with Crippen molar-refractivity contribution < 1.29 is 14.3 Å². The maximum atomic E-state index is 12.4. The number of benzene rings is 3. The van der Waals surface area contributed by atoms with E-state index in [2.05, 4.69) is 15.6 Å². The summed E-state index contributed by atoms with van der Waals surface area (Å²) in [6, 6.07) is 26.4. The number of carbonyl (C=O) groups is 2. The highest BCUT2D eigenvalue weighted by Gasteiger charge is 2.08. The quantitative estimate of drug-likeness (QED) is 0.437. The van der Waals surface area contributed by atoms with Crippen LogP contribution in [0.4, 0.5) is 0 Å².